The van der Waals surface area contributed by atoms with Gasteiger partial charge in [0.25, 0.3) is 0 Å². The van der Waals surface area contributed by atoms with Crippen molar-refractivity contribution < 1.29 is 0 Å². The Morgan fingerprint density at radius 3 is 2.45 bits per heavy atom. The Morgan fingerprint density at radius 2 is 1.95 bits per heavy atom. The van der Waals surface area contributed by atoms with Crippen molar-refractivity contribution in [2.24, 2.45) is 11.8 Å². The highest BCUT2D eigenvalue weighted by atomic mass is 14.9. The molecule has 0 fully saturated rings. The Labute approximate surface area is 125 Å². The molecule has 0 aliphatic carbocycles. The third-order valence-corrected chi connectivity index (χ3v) is 3.56. The highest BCUT2D eigenvalue weighted by molar-refractivity contribution is 5.89. The fourth-order valence-corrected chi connectivity index (χ4v) is 2.06. The summed E-state index contributed by atoms with van der Waals surface area (Å²) in [7, 11) is 0. The predicted molar refractivity (Wildman–Crippen MR) is 91.3 cm³/mol. The topological polar surface area (TPSA) is 35.9 Å². The van der Waals surface area contributed by atoms with Gasteiger partial charge in [0.15, 0.2) is 0 Å². The van der Waals surface area contributed by atoms with Crippen LogP contribution in [0.15, 0.2) is 36.1 Å². The van der Waals surface area contributed by atoms with E-state index in [9.17, 15) is 0 Å². The molecular weight excluding hydrogens is 244 g/mol. The molecule has 0 aliphatic heterocycles. The van der Waals surface area contributed by atoms with Gasteiger partial charge in [0.05, 0.1) is 0 Å². The average Bonchev–Trinajstić information content (AvgIpc) is 2.38. The van der Waals surface area contributed by atoms with Crippen LogP contribution in [0.5, 0.6) is 0 Å². The zero-order valence-electron chi connectivity index (χ0n) is 13.9. The molecule has 2 nitrogen and oxygen atoms in total. The fourth-order valence-electron chi connectivity index (χ4n) is 2.06. The van der Waals surface area contributed by atoms with E-state index in [2.05, 4.69) is 51.7 Å². The summed E-state index contributed by atoms with van der Waals surface area (Å²) in [5, 5.41) is 10.8. The Balaban J connectivity index is 4.02. The molecule has 0 aromatic rings. The minimum absolute atomic E-state index is 0.478. The molecular formula is C18H32N2. The van der Waals surface area contributed by atoms with E-state index < -0.39 is 0 Å². The molecule has 0 saturated carbocycles. The van der Waals surface area contributed by atoms with Crippen LogP contribution in [0.25, 0.3) is 0 Å². The summed E-state index contributed by atoms with van der Waals surface area (Å²) in [4.78, 5) is 0. The van der Waals surface area contributed by atoms with Crippen molar-refractivity contribution >= 4 is 5.71 Å². The fraction of sp³-hybridized carbons (Fsp3) is 0.611. The summed E-state index contributed by atoms with van der Waals surface area (Å²) >= 11 is 0. The van der Waals surface area contributed by atoms with E-state index in [1.54, 1.807) is 6.92 Å². The maximum atomic E-state index is 7.37. The van der Waals surface area contributed by atoms with Gasteiger partial charge in [-0.25, -0.2) is 0 Å². The van der Waals surface area contributed by atoms with Crippen molar-refractivity contribution in [3.8, 4) is 0 Å². The van der Waals surface area contributed by atoms with E-state index in [4.69, 9.17) is 5.41 Å². The number of hydrogen-bond acceptors (Lipinski definition) is 2. The van der Waals surface area contributed by atoms with Gasteiger partial charge in [-0.3, -0.25) is 0 Å². The highest BCUT2D eigenvalue weighted by Gasteiger charge is 2.05. The molecule has 2 heteroatoms. The molecule has 0 heterocycles. The number of hydrogen-bond donors (Lipinski definition) is 2. The Hall–Kier alpha value is -1.31. The van der Waals surface area contributed by atoms with Crippen LogP contribution < -0.4 is 5.32 Å². The molecule has 0 aliphatic rings. The molecule has 0 aromatic heterocycles. The van der Waals surface area contributed by atoms with Crippen LogP contribution >= 0.6 is 0 Å². The van der Waals surface area contributed by atoms with Gasteiger partial charge in [-0.2, -0.15) is 0 Å². The summed E-state index contributed by atoms with van der Waals surface area (Å²) in [6.07, 6.45) is 9.56. The van der Waals surface area contributed by atoms with Crippen LogP contribution in [-0.4, -0.2) is 12.3 Å². The summed E-state index contributed by atoms with van der Waals surface area (Å²) in [6, 6.07) is 0. The summed E-state index contributed by atoms with van der Waals surface area (Å²) < 4.78 is 0. The molecule has 0 saturated heterocycles. The number of allylic oxidation sites excluding steroid dienone is 5. The number of nitrogens with one attached hydrogen (secondary N) is 2. The van der Waals surface area contributed by atoms with Gasteiger partial charge in [0.1, 0.15) is 0 Å². The largest absolute Gasteiger partial charge is 0.389 e. The quantitative estimate of drug-likeness (QED) is 0.423. The maximum absolute atomic E-state index is 7.37. The molecule has 0 rings (SSSR count). The van der Waals surface area contributed by atoms with Crippen LogP contribution in [0, 0.1) is 17.2 Å². The van der Waals surface area contributed by atoms with Gasteiger partial charge in [0.2, 0.25) is 0 Å². The molecule has 20 heavy (non-hydrogen) atoms. The third-order valence-electron chi connectivity index (χ3n) is 3.56. The van der Waals surface area contributed by atoms with E-state index in [1.165, 1.54) is 17.7 Å². The highest BCUT2D eigenvalue weighted by Crippen LogP contribution is 2.16. The van der Waals surface area contributed by atoms with E-state index >= 15 is 0 Å². The molecule has 0 spiro atoms. The molecule has 2 N–H and O–H groups in total. The van der Waals surface area contributed by atoms with Crippen molar-refractivity contribution in [1.82, 2.24) is 5.32 Å². The van der Waals surface area contributed by atoms with Crippen molar-refractivity contribution in [1.29, 1.82) is 5.41 Å². The Bertz CT molecular complexity index is 364. The van der Waals surface area contributed by atoms with Gasteiger partial charge in [-0.1, -0.05) is 38.2 Å². The van der Waals surface area contributed by atoms with Gasteiger partial charge < -0.3 is 10.7 Å². The van der Waals surface area contributed by atoms with Crippen molar-refractivity contribution in [3.05, 3.63) is 36.1 Å². The first-order valence-corrected chi connectivity index (χ1v) is 7.66. The zero-order chi connectivity index (χ0) is 15.5. The standard InChI is InChI=1S/C18H32N2/c1-7-18(14(2)3)12-13-20-17(6)11-9-15(4)8-10-16(5)19/h8,10-11,15,18-20H,2,7,9,12-13H2,1,3-6H3/b10-8-,17-11-,19-16?/t15?,18-/m0/s1. The first-order chi connectivity index (χ1) is 9.36. The second-order valence-corrected chi connectivity index (χ2v) is 5.81. The van der Waals surface area contributed by atoms with Crippen molar-refractivity contribution in [2.45, 2.75) is 53.9 Å². The molecule has 0 amide bonds. The monoisotopic (exact) mass is 276 g/mol. The van der Waals surface area contributed by atoms with E-state index in [1.807, 2.05) is 6.08 Å². The van der Waals surface area contributed by atoms with Crippen LogP contribution in [0.2, 0.25) is 0 Å². The lowest BCUT2D eigenvalue weighted by Crippen LogP contribution is -2.16. The molecule has 0 aromatic carbocycles. The predicted octanol–water partition coefficient (Wildman–Crippen LogP) is 5.09. The zero-order valence-corrected chi connectivity index (χ0v) is 13.9. The van der Waals surface area contributed by atoms with Crippen LogP contribution in [-0.2, 0) is 0 Å². The lowest BCUT2D eigenvalue weighted by Gasteiger charge is -2.15. The van der Waals surface area contributed by atoms with Gasteiger partial charge in [-0.15, -0.1) is 0 Å². The third kappa shape index (κ3) is 9.60. The van der Waals surface area contributed by atoms with Crippen molar-refractivity contribution in [3.63, 3.8) is 0 Å². The smallest absolute Gasteiger partial charge is 0.0279 e. The van der Waals surface area contributed by atoms with E-state index in [-0.39, 0.29) is 0 Å². The molecule has 1 unspecified atom stereocenters. The number of rotatable bonds is 10. The Morgan fingerprint density at radius 1 is 1.30 bits per heavy atom. The van der Waals surface area contributed by atoms with Crippen LogP contribution in [0.1, 0.15) is 53.9 Å². The van der Waals surface area contributed by atoms with Crippen molar-refractivity contribution in [2.75, 3.05) is 6.54 Å². The summed E-state index contributed by atoms with van der Waals surface area (Å²) in [5.74, 6) is 1.11. The lowest BCUT2D eigenvalue weighted by molar-refractivity contribution is 0.527. The van der Waals surface area contributed by atoms with Crippen LogP contribution in [0.4, 0.5) is 0 Å². The second-order valence-electron chi connectivity index (χ2n) is 5.81. The first-order valence-electron chi connectivity index (χ1n) is 7.66. The Kier molecular flexibility index (Phi) is 9.79. The van der Waals surface area contributed by atoms with E-state index in [0.717, 1.165) is 19.4 Å². The maximum Gasteiger partial charge on any atom is 0.0279 e. The first kappa shape index (κ1) is 18.7. The minimum atomic E-state index is 0.478. The summed E-state index contributed by atoms with van der Waals surface area (Å²) in [6.45, 7) is 15.5. The summed E-state index contributed by atoms with van der Waals surface area (Å²) in [5.41, 5.74) is 3.14. The second kappa shape index (κ2) is 10.5. The average molecular weight is 276 g/mol. The SMILES string of the molecule is C=C(C)[C@@H](CC)CCN/C(C)=C\CC(C)/C=C\C(C)=N. The molecule has 0 bridgehead atoms. The van der Waals surface area contributed by atoms with Gasteiger partial charge >= 0.3 is 0 Å². The minimum Gasteiger partial charge on any atom is -0.389 e. The normalized spacial score (nSPS) is 15.2. The lowest BCUT2D eigenvalue weighted by atomic mass is 9.95. The van der Waals surface area contributed by atoms with E-state index in [0.29, 0.717) is 17.5 Å². The molecule has 114 valence electrons. The molecule has 0 radical (unpaired) electrons. The molecule has 2 atom stereocenters. The van der Waals surface area contributed by atoms with Gasteiger partial charge in [0, 0.05) is 18.0 Å². The van der Waals surface area contributed by atoms with Gasteiger partial charge in [-0.05, 0) is 57.9 Å². The van der Waals surface area contributed by atoms with Crippen LogP contribution in [0.3, 0.4) is 0 Å².